The number of hydrogen-bond acceptors (Lipinski definition) is 6. The normalized spacial score (nSPS) is 11.4. The van der Waals surface area contributed by atoms with Crippen LogP contribution in [0.2, 0.25) is 0 Å². The van der Waals surface area contributed by atoms with Gasteiger partial charge in [-0.3, -0.25) is 4.72 Å². The number of hydrogen-bond donors (Lipinski definition) is 1. The van der Waals surface area contributed by atoms with Crippen molar-refractivity contribution in [3.05, 3.63) is 54.1 Å². The number of aryl methyl sites for hydroxylation is 1. The van der Waals surface area contributed by atoms with Crippen molar-refractivity contribution in [2.45, 2.75) is 17.0 Å². The Kier molecular flexibility index (Phi) is 4.59. The van der Waals surface area contributed by atoms with E-state index in [2.05, 4.69) is 14.9 Å². The summed E-state index contributed by atoms with van der Waals surface area (Å²) < 4.78 is 32.7. The molecule has 6 nitrogen and oxygen atoms in total. The Bertz CT molecular complexity index is 933. The third-order valence-electron chi connectivity index (χ3n) is 3.30. The highest BCUT2D eigenvalue weighted by Gasteiger charge is 2.14. The molecule has 0 spiro atoms. The van der Waals surface area contributed by atoms with Crippen LogP contribution in [-0.2, 0) is 10.0 Å². The van der Waals surface area contributed by atoms with Crippen molar-refractivity contribution in [1.29, 1.82) is 0 Å². The molecule has 3 aromatic rings. The third-order valence-corrected chi connectivity index (χ3v) is 5.21. The Hall–Kier alpha value is -2.32. The molecule has 0 unspecified atom stereocenters. The van der Waals surface area contributed by atoms with Crippen molar-refractivity contribution in [3.63, 3.8) is 0 Å². The molecule has 8 heteroatoms. The molecule has 1 heterocycles. The smallest absolute Gasteiger partial charge is 0.276 e. The Morgan fingerprint density at radius 1 is 1.00 bits per heavy atom. The first-order chi connectivity index (χ1) is 11.5. The number of benzene rings is 2. The van der Waals surface area contributed by atoms with Gasteiger partial charge in [-0.05, 0) is 49.6 Å². The van der Waals surface area contributed by atoms with E-state index >= 15 is 0 Å². The number of aromatic nitrogens is 2. The molecule has 0 radical (unpaired) electrons. The number of sulfonamides is 1. The zero-order chi connectivity index (χ0) is 17.2. The van der Waals surface area contributed by atoms with Gasteiger partial charge in [0.05, 0.1) is 4.90 Å². The van der Waals surface area contributed by atoms with Crippen molar-refractivity contribution in [2.24, 2.45) is 0 Å². The summed E-state index contributed by atoms with van der Waals surface area (Å²) in [6.07, 6.45) is 1.85. The first-order valence-corrected chi connectivity index (χ1v) is 9.76. The van der Waals surface area contributed by atoms with E-state index in [1.54, 1.807) is 48.5 Å². The highest BCUT2D eigenvalue weighted by atomic mass is 32.2. The largest absolute Gasteiger partial charge is 0.411 e. The van der Waals surface area contributed by atoms with E-state index < -0.39 is 10.0 Å². The highest BCUT2D eigenvalue weighted by Crippen LogP contribution is 2.24. The molecule has 0 aliphatic heterocycles. The first kappa shape index (κ1) is 16.5. The number of nitrogens with zero attached hydrogens (tertiary/aromatic N) is 2. The average molecular weight is 361 g/mol. The molecule has 1 aromatic heterocycles. The monoisotopic (exact) mass is 361 g/mol. The summed E-state index contributed by atoms with van der Waals surface area (Å²) in [6, 6.07) is 13.4. The van der Waals surface area contributed by atoms with Crippen LogP contribution in [0.3, 0.4) is 0 Å². The van der Waals surface area contributed by atoms with Crippen LogP contribution in [0, 0.1) is 6.92 Å². The molecule has 3 rings (SSSR count). The summed E-state index contributed by atoms with van der Waals surface area (Å²) in [5.41, 5.74) is 2.19. The first-order valence-electron chi connectivity index (χ1n) is 7.05. The topological polar surface area (TPSA) is 85.1 Å². The molecule has 0 fully saturated rings. The average Bonchev–Trinajstić information content (AvgIpc) is 3.05. The van der Waals surface area contributed by atoms with Gasteiger partial charge in [-0.2, -0.15) is 0 Å². The van der Waals surface area contributed by atoms with Crippen molar-refractivity contribution in [3.8, 4) is 11.5 Å². The predicted molar refractivity (Wildman–Crippen MR) is 93.5 cm³/mol. The van der Waals surface area contributed by atoms with Gasteiger partial charge in [0.1, 0.15) is 0 Å². The fourth-order valence-corrected chi connectivity index (χ4v) is 3.36. The number of nitrogens with one attached hydrogen (secondary N) is 1. The van der Waals surface area contributed by atoms with Crippen molar-refractivity contribution in [2.75, 3.05) is 11.0 Å². The lowest BCUT2D eigenvalue weighted by atomic mass is 10.2. The molecule has 0 aliphatic rings. The molecule has 0 bridgehead atoms. The second kappa shape index (κ2) is 6.66. The molecular weight excluding hydrogens is 346 g/mol. The van der Waals surface area contributed by atoms with Gasteiger partial charge in [-0.1, -0.05) is 29.5 Å². The quantitative estimate of drug-likeness (QED) is 0.699. The second-order valence-corrected chi connectivity index (χ2v) is 7.51. The van der Waals surface area contributed by atoms with Gasteiger partial charge >= 0.3 is 0 Å². The Morgan fingerprint density at radius 3 is 2.25 bits per heavy atom. The summed E-state index contributed by atoms with van der Waals surface area (Å²) in [7, 11) is -3.61. The molecule has 24 heavy (non-hydrogen) atoms. The van der Waals surface area contributed by atoms with E-state index in [1.807, 2.05) is 13.2 Å². The minimum absolute atomic E-state index is 0.221. The molecule has 0 saturated heterocycles. The maximum atomic E-state index is 12.4. The van der Waals surface area contributed by atoms with Gasteiger partial charge in [-0.15, -0.1) is 10.2 Å². The van der Waals surface area contributed by atoms with Crippen molar-refractivity contribution < 1.29 is 12.8 Å². The van der Waals surface area contributed by atoms with E-state index in [-0.39, 0.29) is 4.90 Å². The molecule has 0 amide bonds. The van der Waals surface area contributed by atoms with E-state index in [4.69, 9.17) is 4.42 Å². The summed E-state index contributed by atoms with van der Waals surface area (Å²) in [5, 5.41) is 8.30. The lowest BCUT2D eigenvalue weighted by Crippen LogP contribution is -2.12. The van der Waals surface area contributed by atoms with Crippen LogP contribution in [0.4, 0.5) is 5.69 Å². The van der Waals surface area contributed by atoms with Gasteiger partial charge < -0.3 is 4.42 Å². The fourth-order valence-electron chi connectivity index (χ4n) is 2.02. The van der Waals surface area contributed by atoms with E-state index in [0.29, 0.717) is 16.8 Å². The van der Waals surface area contributed by atoms with Crippen molar-refractivity contribution >= 4 is 27.5 Å². The summed E-state index contributed by atoms with van der Waals surface area (Å²) >= 11 is 1.36. The molecule has 1 N–H and O–H groups in total. The Labute approximate surface area is 144 Å². The Morgan fingerprint density at radius 2 is 1.67 bits per heavy atom. The Balaban J connectivity index is 1.79. The molecule has 124 valence electrons. The predicted octanol–water partition coefficient (Wildman–Crippen LogP) is 3.57. The fraction of sp³-hybridized carbons (Fsp3) is 0.125. The molecule has 0 saturated carbocycles. The number of rotatable bonds is 5. The maximum absolute atomic E-state index is 12.4. The van der Waals surface area contributed by atoms with Crippen LogP contribution in [0.15, 0.2) is 63.1 Å². The zero-order valence-corrected chi connectivity index (χ0v) is 14.7. The van der Waals surface area contributed by atoms with Gasteiger partial charge in [0.15, 0.2) is 0 Å². The van der Waals surface area contributed by atoms with E-state index in [0.717, 1.165) is 11.1 Å². The SMILES string of the molecule is CSc1nnc(-c2ccc(NS(=O)(=O)c3ccc(C)cc3)cc2)o1. The minimum atomic E-state index is -3.61. The van der Waals surface area contributed by atoms with Gasteiger partial charge in [-0.25, -0.2) is 8.42 Å². The number of thioether (sulfide) groups is 1. The van der Waals surface area contributed by atoms with E-state index in [9.17, 15) is 8.42 Å². The summed E-state index contributed by atoms with van der Waals surface area (Å²) in [6.45, 7) is 1.91. The van der Waals surface area contributed by atoms with Crippen LogP contribution >= 0.6 is 11.8 Å². The summed E-state index contributed by atoms with van der Waals surface area (Å²) in [5.74, 6) is 0.396. The molecular formula is C16H15N3O3S2. The molecule has 0 atom stereocenters. The molecule has 0 aliphatic carbocycles. The lowest BCUT2D eigenvalue weighted by Gasteiger charge is -2.08. The highest BCUT2D eigenvalue weighted by molar-refractivity contribution is 7.98. The second-order valence-electron chi connectivity index (χ2n) is 5.07. The third kappa shape index (κ3) is 3.60. The molecule has 2 aromatic carbocycles. The van der Waals surface area contributed by atoms with Crippen LogP contribution in [-0.4, -0.2) is 24.9 Å². The van der Waals surface area contributed by atoms with Crippen LogP contribution in [0.5, 0.6) is 0 Å². The van der Waals surface area contributed by atoms with Gasteiger partial charge in [0.25, 0.3) is 15.2 Å². The summed E-state index contributed by atoms with van der Waals surface area (Å²) in [4.78, 5) is 0.221. The van der Waals surface area contributed by atoms with E-state index in [1.165, 1.54) is 11.8 Å². The maximum Gasteiger partial charge on any atom is 0.276 e. The van der Waals surface area contributed by atoms with Crippen LogP contribution < -0.4 is 4.72 Å². The number of anilines is 1. The van der Waals surface area contributed by atoms with Crippen molar-refractivity contribution in [1.82, 2.24) is 10.2 Å². The van der Waals surface area contributed by atoms with Gasteiger partial charge in [0.2, 0.25) is 5.89 Å². The van der Waals surface area contributed by atoms with Crippen LogP contribution in [0.1, 0.15) is 5.56 Å². The van der Waals surface area contributed by atoms with Crippen LogP contribution in [0.25, 0.3) is 11.5 Å². The minimum Gasteiger partial charge on any atom is -0.411 e. The lowest BCUT2D eigenvalue weighted by molar-refractivity contribution is 0.466. The zero-order valence-electron chi connectivity index (χ0n) is 13.1. The van der Waals surface area contributed by atoms with Gasteiger partial charge in [0, 0.05) is 11.3 Å². The standard InChI is InChI=1S/C16H15N3O3S2/c1-11-3-9-14(10-4-11)24(20,21)19-13-7-5-12(6-8-13)15-17-18-16(22-15)23-2/h3-10,19H,1-2H3.